The van der Waals surface area contributed by atoms with Crippen LogP contribution in [0, 0.1) is 12.7 Å². The second-order valence-electron chi connectivity index (χ2n) is 4.38. The van der Waals surface area contributed by atoms with E-state index in [0.29, 0.717) is 13.0 Å². The van der Waals surface area contributed by atoms with Crippen LogP contribution in [-0.2, 0) is 11.2 Å². The van der Waals surface area contributed by atoms with Crippen LogP contribution in [0.1, 0.15) is 24.0 Å². The standard InChI is InChI=1S/C14H21FN2O/c1-11-10-13(15)6-5-12(11)7-9-17-14(18)4-3-8-16-2/h5-6,10,16H,3-4,7-9H2,1-2H3,(H,17,18). The number of benzene rings is 1. The first-order valence-electron chi connectivity index (χ1n) is 6.30. The molecule has 3 nitrogen and oxygen atoms in total. The highest BCUT2D eigenvalue weighted by Gasteiger charge is 2.02. The number of rotatable bonds is 7. The van der Waals surface area contributed by atoms with Gasteiger partial charge in [-0.25, -0.2) is 4.39 Å². The van der Waals surface area contributed by atoms with Gasteiger partial charge < -0.3 is 10.6 Å². The molecule has 2 N–H and O–H groups in total. The monoisotopic (exact) mass is 252 g/mol. The van der Waals surface area contributed by atoms with Gasteiger partial charge in [-0.15, -0.1) is 0 Å². The zero-order valence-corrected chi connectivity index (χ0v) is 11.1. The van der Waals surface area contributed by atoms with E-state index in [2.05, 4.69) is 10.6 Å². The lowest BCUT2D eigenvalue weighted by atomic mass is 10.1. The number of aryl methyl sites for hydroxylation is 1. The molecule has 0 aromatic heterocycles. The van der Waals surface area contributed by atoms with Gasteiger partial charge in [0, 0.05) is 13.0 Å². The molecule has 1 rings (SSSR count). The first-order chi connectivity index (χ1) is 8.63. The summed E-state index contributed by atoms with van der Waals surface area (Å²) in [5.41, 5.74) is 2.01. The third-order valence-electron chi connectivity index (χ3n) is 2.85. The van der Waals surface area contributed by atoms with Crippen LogP contribution in [0.5, 0.6) is 0 Å². The molecule has 0 heterocycles. The van der Waals surface area contributed by atoms with E-state index < -0.39 is 0 Å². The van der Waals surface area contributed by atoms with Crippen LogP contribution in [0.3, 0.4) is 0 Å². The van der Waals surface area contributed by atoms with Crippen LogP contribution in [0.15, 0.2) is 18.2 Å². The van der Waals surface area contributed by atoms with Gasteiger partial charge in [-0.2, -0.15) is 0 Å². The third-order valence-corrected chi connectivity index (χ3v) is 2.85. The van der Waals surface area contributed by atoms with E-state index in [9.17, 15) is 9.18 Å². The minimum atomic E-state index is -0.215. The van der Waals surface area contributed by atoms with Gasteiger partial charge in [0.1, 0.15) is 5.82 Å². The molecule has 1 aromatic carbocycles. The van der Waals surface area contributed by atoms with Crippen LogP contribution in [0.2, 0.25) is 0 Å². The van der Waals surface area contributed by atoms with Gasteiger partial charge in [-0.1, -0.05) is 6.07 Å². The molecule has 0 radical (unpaired) electrons. The molecule has 1 aromatic rings. The molecule has 0 bridgehead atoms. The Labute approximate surface area is 108 Å². The number of hydrogen-bond donors (Lipinski definition) is 2. The van der Waals surface area contributed by atoms with E-state index in [4.69, 9.17) is 0 Å². The lowest BCUT2D eigenvalue weighted by Gasteiger charge is -2.07. The summed E-state index contributed by atoms with van der Waals surface area (Å²) < 4.78 is 12.9. The number of carbonyl (C=O) groups is 1. The summed E-state index contributed by atoms with van der Waals surface area (Å²) in [4.78, 5) is 11.4. The molecular formula is C14H21FN2O. The van der Waals surface area contributed by atoms with Crippen molar-refractivity contribution in [2.24, 2.45) is 0 Å². The smallest absolute Gasteiger partial charge is 0.220 e. The highest BCUT2D eigenvalue weighted by Crippen LogP contribution is 2.10. The van der Waals surface area contributed by atoms with Gasteiger partial charge >= 0.3 is 0 Å². The highest BCUT2D eigenvalue weighted by atomic mass is 19.1. The number of carbonyl (C=O) groups excluding carboxylic acids is 1. The Balaban J connectivity index is 2.26. The normalized spacial score (nSPS) is 10.4. The topological polar surface area (TPSA) is 41.1 Å². The van der Waals surface area contributed by atoms with E-state index in [1.54, 1.807) is 6.07 Å². The van der Waals surface area contributed by atoms with Crippen molar-refractivity contribution in [3.63, 3.8) is 0 Å². The van der Waals surface area contributed by atoms with E-state index >= 15 is 0 Å². The fraction of sp³-hybridized carbons (Fsp3) is 0.500. The van der Waals surface area contributed by atoms with Gasteiger partial charge in [0.05, 0.1) is 0 Å². The molecule has 1 amide bonds. The van der Waals surface area contributed by atoms with Crippen LogP contribution < -0.4 is 10.6 Å². The van der Waals surface area contributed by atoms with E-state index in [0.717, 1.165) is 30.5 Å². The van der Waals surface area contributed by atoms with Gasteiger partial charge in [-0.05, 0) is 56.6 Å². The van der Waals surface area contributed by atoms with Crippen molar-refractivity contribution in [1.29, 1.82) is 0 Å². The molecule has 0 unspecified atom stereocenters. The summed E-state index contributed by atoms with van der Waals surface area (Å²) in [6.07, 6.45) is 2.13. The van der Waals surface area contributed by atoms with Gasteiger partial charge in [0.15, 0.2) is 0 Å². The van der Waals surface area contributed by atoms with Crippen molar-refractivity contribution < 1.29 is 9.18 Å². The molecule has 0 aliphatic heterocycles. The summed E-state index contributed by atoms with van der Waals surface area (Å²) in [6.45, 7) is 3.34. The van der Waals surface area contributed by atoms with Crippen LogP contribution in [0.25, 0.3) is 0 Å². The molecule has 18 heavy (non-hydrogen) atoms. The second-order valence-corrected chi connectivity index (χ2v) is 4.38. The Morgan fingerprint density at radius 1 is 1.33 bits per heavy atom. The van der Waals surface area contributed by atoms with Crippen LogP contribution in [-0.4, -0.2) is 26.0 Å². The third kappa shape index (κ3) is 5.27. The Hall–Kier alpha value is -1.42. The molecule has 4 heteroatoms. The fourth-order valence-corrected chi connectivity index (χ4v) is 1.79. The lowest BCUT2D eigenvalue weighted by molar-refractivity contribution is -0.121. The predicted molar refractivity (Wildman–Crippen MR) is 71.0 cm³/mol. The summed E-state index contributed by atoms with van der Waals surface area (Å²) in [5.74, 6) is -0.141. The van der Waals surface area contributed by atoms with Crippen LogP contribution >= 0.6 is 0 Å². The Morgan fingerprint density at radius 2 is 2.11 bits per heavy atom. The first kappa shape index (κ1) is 14.6. The number of halogens is 1. The average molecular weight is 252 g/mol. The van der Waals surface area contributed by atoms with E-state index in [-0.39, 0.29) is 11.7 Å². The molecule has 0 saturated carbocycles. The first-order valence-corrected chi connectivity index (χ1v) is 6.30. The maximum atomic E-state index is 12.9. The lowest BCUT2D eigenvalue weighted by Crippen LogP contribution is -2.26. The van der Waals surface area contributed by atoms with Gasteiger partial charge in [0.2, 0.25) is 5.91 Å². The number of amides is 1. The number of hydrogen-bond acceptors (Lipinski definition) is 2. The van der Waals surface area contributed by atoms with Gasteiger partial charge in [-0.3, -0.25) is 4.79 Å². The highest BCUT2D eigenvalue weighted by molar-refractivity contribution is 5.75. The molecule has 0 saturated heterocycles. The van der Waals surface area contributed by atoms with Crippen molar-refractivity contribution in [1.82, 2.24) is 10.6 Å². The van der Waals surface area contributed by atoms with Crippen molar-refractivity contribution in [2.75, 3.05) is 20.1 Å². The maximum absolute atomic E-state index is 12.9. The summed E-state index contributed by atoms with van der Waals surface area (Å²) in [7, 11) is 1.87. The molecule has 0 aliphatic carbocycles. The van der Waals surface area contributed by atoms with E-state index in [1.807, 2.05) is 14.0 Å². The second kappa shape index (κ2) is 7.82. The zero-order chi connectivity index (χ0) is 13.4. The summed E-state index contributed by atoms with van der Waals surface area (Å²) in [6, 6.07) is 4.75. The molecule has 0 atom stereocenters. The van der Waals surface area contributed by atoms with Crippen LogP contribution in [0.4, 0.5) is 4.39 Å². The fourth-order valence-electron chi connectivity index (χ4n) is 1.79. The quantitative estimate of drug-likeness (QED) is 0.726. The average Bonchev–Trinajstić information content (AvgIpc) is 2.32. The van der Waals surface area contributed by atoms with Crippen molar-refractivity contribution >= 4 is 5.91 Å². The molecular weight excluding hydrogens is 231 g/mol. The Kier molecular flexibility index (Phi) is 6.36. The predicted octanol–water partition coefficient (Wildman–Crippen LogP) is 1.79. The minimum absolute atomic E-state index is 0.0741. The minimum Gasteiger partial charge on any atom is -0.356 e. The van der Waals surface area contributed by atoms with Crippen molar-refractivity contribution in [2.45, 2.75) is 26.2 Å². The Bertz CT molecular complexity index is 393. The summed E-state index contributed by atoms with van der Waals surface area (Å²) in [5, 5.41) is 5.87. The number of nitrogens with one attached hydrogen (secondary N) is 2. The molecule has 0 aliphatic rings. The Morgan fingerprint density at radius 3 is 2.78 bits per heavy atom. The largest absolute Gasteiger partial charge is 0.356 e. The maximum Gasteiger partial charge on any atom is 0.220 e. The molecule has 0 fully saturated rings. The zero-order valence-electron chi connectivity index (χ0n) is 11.1. The molecule has 0 spiro atoms. The molecule has 100 valence electrons. The summed E-state index contributed by atoms with van der Waals surface area (Å²) >= 11 is 0. The van der Waals surface area contributed by atoms with Crippen molar-refractivity contribution in [3.8, 4) is 0 Å². The van der Waals surface area contributed by atoms with Gasteiger partial charge in [0.25, 0.3) is 0 Å². The van der Waals surface area contributed by atoms with E-state index in [1.165, 1.54) is 12.1 Å². The SMILES string of the molecule is CNCCCC(=O)NCCc1ccc(F)cc1C. The van der Waals surface area contributed by atoms with Crippen molar-refractivity contribution in [3.05, 3.63) is 35.1 Å².